The van der Waals surface area contributed by atoms with Gasteiger partial charge in [0.15, 0.2) is 0 Å². The fourth-order valence-electron chi connectivity index (χ4n) is 1.90. The van der Waals surface area contributed by atoms with Crippen molar-refractivity contribution in [2.24, 2.45) is 5.73 Å². The molecule has 0 unspecified atom stereocenters. The van der Waals surface area contributed by atoms with E-state index in [2.05, 4.69) is 24.0 Å². The summed E-state index contributed by atoms with van der Waals surface area (Å²) in [5, 5.41) is 7.65. The summed E-state index contributed by atoms with van der Waals surface area (Å²) >= 11 is 0. The third kappa shape index (κ3) is 2.73. The van der Waals surface area contributed by atoms with Crippen LogP contribution in [-0.4, -0.2) is 17.9 Å². The molecule has 0 fully saturated rings. The topological polar surface area (TPSA) is 66.0 Å². The molecule has 19 heavy (non-hydrogen) atoms. The van der Waals surface area contributed by atoms with E-state index in [1.807, 2.05) is 43.1 Å². The molecular weight excluding hydrogens is 236 g/mol. The van der Waals surface area contributed by atoms with Gasteiger partial charge in [-0.2, -0.15) is 0 Å². The molecular formula is C15H18N4. The van der Waals surface area contributed by atoms with Crippen molar-refractivity contribution in [1.29, 1.82) is 5.41 Å². The van der Waals surface area contributed by atoms with Crippen LogP contribution in [0.4, 0.5) is 11.5 Å². The van der Waals surface area contributed by atoms with Gasteiger partial charge in [-0.3, -0.25) is 5.41 Å². The maximum absolute atomic E-state index is 7.65. The van der Waals surface area contributed by atoms with Crippen LogP contribution in [0.5, 0.6) is 0 Å². The lowest BCUT2D eigenvalue weighted by atomic mass is 10.1. The molecule has 0 aliphatic carbocycles. The first-order valence-corrected chi connectivity index (χ1v) is 6.11. The van der Waals surface area contributed by atoms with Crippen LogP contribution < -0.4 is 10.6 Å². The minimum atomic E-state index is 0.0291. The van der Waals surface area contributed by atoms with Crippen molar-refractivity contribution in [3.63, 3.8) is 0 Å². The molecule has 0 amide bonds. The van der Waals surface area contributed by atoms with E-state index in [4.69, 9.17) is 11.1 Å². The maximum Gasteiger partial charge on any atom is 0.144 e. The highest BCUT2D eigenvalue weighted by Crippen LogP contribution is 2.25. The Morgan fingerprint density at radius 2 is 1.74 bits per heavy atom. The zero-order valence-electron chi connectivity index (χ0n) is 11.4. The number of aryl methyl sites for hydroxylation is 2. The SMILES string of the molecule is Cc1ccc(N(C)c2nc(C)ccc2C(=N)N)cc1. The lowest BCUT2D eigenvalue weighted by molar-refractivity contribution is 1.08. The van der Waals surface area contributed by atoms with E-state index in [0.29, 0.717) is 11.4 Å². The fraction of sp³-hybridized carbons (Fsp3) is 0.200. The van der Waals surface area contributed by atoms with Gasteiger partial charge in [0.1, 0.15) is 11.7 Å². The van der Waals surface area contributed by atoms with E-state index in [0.717, 1.165) is 11.4 Å². The summed E-state index contributed by atoms with van der Waals surface area (Å²) in [5.41, 5.74) is 9.40. The van der Waals surface area contributed by atoms with Crippen molar-refractivity contribution in [2.45, 2.75) is 13.8 Å². The summed E-state index contributed by atoms with van der Waals surface area (Å²) in [6, 6.07) is 11.9. The van der Waals surface area contributed by atoms with Crippen LogP contribution in [0.2, 0.25) is 0 Å². The average molecular weight is 254 g/mol. The molecule has 1 heterocycles. The number of nitrogens with two attached hydrogens (primary N) is 1. The molecule has 1 aromatic heterocycles. The van der Waals surface area contributed by atoms with Crippen molar-refractivity contribution in [1.82, 2.24) is 4.98 Å². The smallest absolute Gasteiger partial charge is 0.144 e. The van der Waals surface area contributed by atoms with Gasteiger partial charge in [0.2, 0.25) is 0 Å². The predicted molar refractivity (Wildman–Crippen MR) is 79.2 cm³/mol. The third-order valence-electron chi connectivity index (χ3n) is 3.04. The number of aromatic nitrogens is 1. The number of benzene rings is 1. The molecule has 0 radical (unpaired) electrons. The van der Waals surface area contributed by atoms with Crippen LogP contribution in [0, 0.1) is 19.3 Å². The third-order valence-corrected chi connectivity index (χ3v) is 3.04. The van der Waals surface area contributed by atoms with Gasteiger partial charge >= 0.3 is 0 Å². The Labute approximate surface area is 113 Å². The Morgan fingerprint density at radius 1 is 1.11 bits per heavy atom. The molecule has 1 aromatic carbocycles. The van der Waals surface area contributed by atoms with Crippen LogP contribution in [0.3, 0.4) is 0 Å². The lowest BCUT2D eigenvalue weighted by Gasteiger charge is -2.21. The zero-order chi connectivity index (χ0) is 14.0. The Morgan fingerprint density at radius 3 is 2.32 bits per heavy atom. The highest BCUT2D eigenvalue weighted by molar-refractivity contribution is 6.00. The van der Waals surface area contributed by atoms with Gasteiger partial charge in [-0.15, -0.1) is 0 Å². The highest BCUT2D eigenvalue weighted by atomic mass is 15.2. The summed E-state index contributed by atoms with van der Waals surface area (Å²) in [6.45, 7) is 3.98. The Balaban J connectivity index is 2.48. The van der Waals surface area contributed by atoms with Crippen LogP contribution in [0.25, 0.3) is 0 Å². The summed E-state index contributed by atoms with van der Waals surface area (Å²) < 4.78 is 0. The molecule has 98 valence electrons. The van der Waals surface area contributed by atoms with Gasteiger partial charge in [-0.1, -0.05) is 17.7 Å². The van der Waals surface area contributed by atoms with Crippen molar-refractivity contribution in [3.05, 3.63) is 53.2 Å². The number of nitrogens with zero attached hydrogens (tertiary/aromatic N) is 2. The van der Waals surface area contributed by atoms with Gasteiger partial charge in [-0.05, 0) is 38.1 Å². The number of nitrogen functional groups attached to an aromatic ring is 1. The number of hydrogen-bond donors (Lipinski definition) is 2. The number of nitrogens with one attached hydrogen (secondary N) is 1. The van der Waals surface area contributed by atoms with E-state index >= 15 is 0 Å². The molecule has 0 aliphatic rings. The maximum atomic E-state index is 7.65. The van der Waals surface area contributed by atoms with Gasteiger partial charge in [0.05, 0.1) is 5.56 Å². The first-order chi connectivity index (χ1) is 8.99. The minimum absolute atomic E-state index is 0.0291. The van der Waals surface area contributed by atoms with E-state index in [9.17, 15) is 0 Å². The highest BCUT2D eigenvalue weighted by Gasteiger charge is 2.13. The van der Waals surface area contributed by atoms with Gasteiger partial charge in [0.25, 0.3) is 0 Å². The number of amidine groups is 1. The minimum Gasteiger partial charge on any atom is -0.384 e. The van der Waals surface area contributed by atoms with Crippen LogP contribution in [0.15, 0.2) is 36.4 Å². The first-order valence-electron chi connectivity index (χ1n) is 6.11. The van der Waals surface area contributed by atoms with E-state index in [1.165, 1.54) is 5.56 Å². The molecule has 0 aliphatic heterocycles. The average Bonchev–Trinajstić information content (AvgIpc) is 2.38. The molecule has 2 aromatic rings. The summed E-state index contributed by atoms with van der Waals surface area (Å²) in [6.07, 6.45) is 0. The van der Waals surface area contributed by atoms with Crippen molar-refractivity contribution in [2.75, 3.05) is 11.9 Å². The summed E-state index contributed by atoms with van der Waals surface area (Å²) in [4.78, 5) is 6.45. The largest absolute Gasteiger partial charge is 0.384 e. The Hall–Kier alpha value is -2.36. The van der Waals surface area contributed by atoms with Crippen LogP contribution in [0.1, 0.15) is 16.8 Å². The molecule has 0 saturated carbocycles. The number of rotatable bonds is 3. The van der Waals surface area contributed by atoms with Crippen molar-refractivity contribution < 1.29 is 0 Å². The number of pyridine rings is 1. The van der Waals surface area contributed by atoms with Crippen LogP contribution >= 0.6 is 0 Å². The number of anilines is 2. The standard InChI is InChI=1S/C15H18N4/c1-10-4-7-12(8-5-10)19(3)15-13(14(16)17)9-6-11(2)18-15/h4-9H,1-3H3,(H3,16,17). The van der Waals surface area contributed by atoms with Crippen molar-refractivity contribution >= 4 is 17.3 Å². The molecule has 0 atom stereocenters. The second kappa shape index (κ2) is 5.10. The Kier molecular flexibility index (Phi) is 3.51. The summed E-state index contributed by atoms with van der Waals surface area (Å²) in [5.74, 6) is 0.734. The van der Waals surface area contributed by atoms with Crippen LogP contribution in [-0.2, 0) is 0 Å². The fourth-order valence-corrected chi connectivity index (χ4v) is 1.90. The molecule has 4 nitrogen and oxygen atoms in total. The second-order valence-electron chi connectivity index (χ2n) is 4.63. The Bertz CT molecular complexity index is 602. The van der Waals surface area contributed by atoms with Gasteiger partial charge < -0.3 is 10.6 Å². The van der Waals surface area contributed by atoms with Gasteiger partial charge in [-0.25, -0.2) is 4.98 Å². The molecule has 0 spiro atoms. The normalized spacial score (nSPS) is 10.3. The van der Waals surface area contributed by atoms with E-state index in [-0.39, 0.29) is 5.84 Å². The molecule has 4 heteroatoms. The molecule has 0 saturated heterocycles. The first kappa shape index (κ1) is 13.1. The zero-order valence-corrected chi connectivity index (χ0v) is 11.4. The molecule has 0 bridgehead atoms. The second-order valence-corrected chi connectivity index (χ2v) is 4.63. The summed E-state index contributed by atoms with van der Waals surface area (Å²) in [7, 11) is 1.93. The van der Waals surface area contributed by atoms with Gasteiger partial charge in [0, 0.05) is 18.4 Å². The monoisotopic (exact) mass is 254 g/mol. The quantitative estimate of drug-likeness (QED) is 0.654. The molecule has 3 N–H and O–H groups in total. The van der Waals surface area contributed by atoms with E-state index < -0.39 is 0 Å². The van der Waals surface area contributed by atoms with E-state index in [1.54, 1.807) is 0 Å². The van der Waals surface area contributed by atoms with Crippen molar-refractivity contribution in [3.8, 4) is 0 Å². The number of hydrogen-bond acceptors (Lipinski definition) is 3. The lowest BCUT2D eigenvalue weighted by Crippen LogP contribution is -2.20. The molecule has 2 rings (SSSR count). The predicted octanol–water partition coefficient (Wildman–Crippen LogP) is 2.75.